The molecule has 2 saturated heterocycles. The Morgan fingerprint density at radius 2 is 1.93 bits per heavy atom. The normalized spacial score (nSPS) is 29.1. The largest absolute Gasteiger partial charge is 0.373 e. The number of ether oxygens (including phenoxy) is 2. The summed E-state index contributed by atoms with van der Waals surface area (Å²) in [7, 11) is 0. The first-order valence-corrected chi connectivity index (χ1v) is 10.3. The molecule has 4 atom stereocenters. The van der Waals surface area contributed by atoms with Gasteiger partial charge in [-0.2, -0.15) is 0 Å². The lowest BCUT2D eigenvalue weighted by atomic mass is 9.87. The summed E-state index contributed by atoms with van der Waals surface area (Å²) in [5.74, 6) is -0.277. The Balaban J connectivity index is 1.44. The topological polar surface area (TPSA) is 50.8 Å². The quantitative estimate of drug-likeness (QED) is 0.847. The van der Waals surface area contributed by atoms with Gasteiger partial charge >= 0.3 is 0 Å². The molecule has 5 rings (SSSR count). The van der Waals surface area contributed by atoms with E-state index < -0.39 is 6.10 Å². The van der Waals surface area contributed by atoms with Crippen molar-refractivity contribution in [3.05, 3.63) is 71.0 Å². The van der Waals surface area contributed by atoms with Gasteiger partial charge in [0.2, 0.25) is 0 Å². The third-order valence-corrected chi connectivity index (χ3v) is 6.25. The Kier molecular flexibility index (Phi) is 5.08. The SMILES string of the molecule is O=C([C@H]1C[C@@H]2NCCO[C@H]2CO1)N1CCc2ccccc2[C@@H]1c1ccc(F)cc1. The van der Waals surface area contributed by atoms with Crippen LogP contribution in [0.5, 0.6) is 0 Å². The molecule has 29 heavy (non-hydrogen) atoms. The molecule has 1 N–H and O–H groups in total. The zero-order chi connectivity index (χ0) is 19.8. The fourth-order valence-corrected chi connectivity index (χ4v) is 4.78. The number of benzene rings is 2. The lowest BCUT2D eigenvalue weighted by molar-refractivity contribution is -0.162. The molecule has 152 valence electrons. The van der Waals surface area contributed by atoms with E-state index in [1.807, 2.05) is 17.0 Å². The second kappa shape index (κ2) is 7.86. The van der Waals surface area contributed by atoms with E-state index in [1.165, 1.54) is 17.7 Å². The van der Waals surface area contributed by atoms with E-state index in [9.17, 15) is 9.18 Å². The van der Waals surface area contributed by atoms with Crippen LogP contribution in [0, 0.1) is 5.82 Å². The van der Waals surface area contributed by atoms with E-state index >= 15 is 0 Å². The van der Waals surface area contributed by atoms with Gasteiger partial charge in [-0.1, -0.05) is 36.4 Å². The van der Waals surface area contributed by atoms with Crippen molar-refractivity contribution in [2.75, 3.05) is 26.3 Å². The van der Waals surface area contributed by atoms with Gasteiger partial charge in [0, 0.05) is 25.6 Å². The van der Waals surface area contributed by atoms with Crippen molar-refractivity contribution in [1.82, 2.24) is 10.2 Å². The molecule has 5 nitrogen and oxygen atoms in total. The Labute approximate surface area is 169 Å². The number of fused-ring (bicyclic) bond motifs is 2. The first kappa shape index (κ1) is 18.7. The van der Waals surface area contributed by atoms with Crippen LogP contribution in [0.4, 0.5) is 4.39 Å². The molecule has 3 heterocycles. The van der Waals surface area contributed by atoms with Gasteiger partial charge in [-0.15, -0.1) is 0 Å². The zero-order valence-electron chi connectivity index (χ0n) is 16.2. The third-order valence-electron chi connectivity index (χ3n) is 6.25. The number of halogens is 1. The van der Waals surface area contributed by atoms with E-state index in [1.54, 1.807) is 12.1 Å². The summed E-state index contributed by atoms with van der Waals surface area (Å²) in [6, 6.07) is 14.6. The molecule has 0 radical (unpaired) electrons. The zero-order valence-corrected chi connectivity index (χ0v) is 16.2. The number of hydrogen-bond donors (Lipinski definition) is 1. The van der Waals surface area contributed by atoms with Gasteiger partial charge in [0.15, 0.2) is 0 Å². The second-order valence-electron chi connectivity index (χ2n) is 7.96. The highest BCUT2D eigenvalue weighted by Gasteiger charge is 2.41. The van der Waals surface area contributed by atoms with Crippen molar-refractivity contribution < 1.29 is 18.7 Å². The fourth-order valence-electron chi connectivity index (χ4n) is 4.78. The number of carbonyl (C=O) groups excluding carboxylic acids is 1. The van der Waals surface area contributed by atoms with Crippen LogP contribution in [0.2, 0.25) is 0 Å². The van der Waals surface area contributed by atoms with Crippen LogP contribution >= 0.6 is 0 Å². The molecule has 3 aliphatic heterocycles. The lowest BCUT2D eigenvalue weighted by Crippen LogP contribution is -2.58. The Bertz CT molecular complexity index is 888. The summed E-state index contributed by atoms with van der Waals surface area (Å²) in [5.41, 5.74) is 3.25. The number of nitrogens with zero attached hydrogens (tertiary/aromatic N) is 1. The van der Waals surface area contributed by atoms with Crippen LogP contribution in [0.15, 0.2) is 48.5 Å². The average molecular weight is 396 g/mol. The van der Waals surface area contributed by atoms with Gasteiger partial charge in [0.1, 0.15) is 11.9 Å². The van der Waals surface area contributed by atoms with Crippen molar-refractivity contribution in [2.45, 2.75) is 37.1 Å². The molecule has 2 fully saturated rings. The van der Waals surface area contributed by atoms with Crippen LogP contribution in [0.25, 0.3) is 0 Å². The van der Waals surface area contributed by atoms with Gasteiger partial charge in [0.25, 0.3) is 5.91 Å². The first-order valence-electron chi connectivity index (χ1n) is 10.3. The van der Waals surface area contributed by atoms with E-state index in [2.05, 4.69) is 17.4 Å². The third kappa shape index (κ3) is 3.56. The van der Waals surface area contributed by atoms with Crippen LogP contribution in [0.1, 0.15) is 29.2 Å². The maximum Gasteiger partial charge on any atom is 0.252 e. The molecule has 0 aliphatic carbocycles. The van der Waals surface area contributed by atoms with Crippen LogP contribution in [-0.2, 0) is 20.7 Å². The Morgan fingerprint density at radius 1 is 1.10 bits per heavy atom. The summed E-state index contributed by atoms with van der Waals surface area (Å²) in [5, 5.41) is 3.46. The molecule has 2 aromatic rings. The monoisotopic (exact) mass is 396 g/mol. The van der Waals surface area contributed by atoms with E-state index in [4.69, 9.17) is 9.47 Å². The molecule has 3 aliphatic rings. The maximum atomic E-state index is 13.5. The fraction of sp³-hybridized carbons (Fsp3) is 0.435. The molecule has 1 amide bonds. The second-order valence-corrected chi connectivity index (χ2v) is 7.96. The van der Waals surface area contributed by atoms with Gasteiger partial charge in [-0.05, 0) is 35.2 Å². The Hall–Kier alpha value is -2.28. The van der Waals surface area contributed by atoms with Crippen LogP contribution < -0.4 is 5.32 Å². The van der Waals surface area contributed by atoms with Gasteiger partial charge in [0.05, 0.1) is 25.4 Å². The summed E-state index contributed by atoms with van der Waals surface area (Å²) in [6.07, 6.45) is 0.943. The Morgan fingerprint density at radius 3 is 2.79 bits per heavy atom. The number of hydrogen-bond acceptors (Lipinski definition) is 4. The molecular formula is C23H25FN2O3. The molecule has 0 unspecified atom stereocenters. The van der Waals surface area contributed by atoms with Crippen molar-refractivity contribution in [1.29, 1.82) is 0 Å². The summed E-state index contributed by atoms with van der Waals surface area (Å²) >= 11 is 0. The average Bonchev–Trinajstić information content (AvgIpc) is 2.78. The highest BCUT2D eigenvalue weighted by Crippen LogP contribution is 2.36. The van der Waals surface area contributed by atoms with E-state index in [-0.39, 0.29) is 29.9 Å². The lowest BCUT2D eigenvalue weighted by Gasteiger charge is -2.43. The molecule has 2 aromatic carbocycles. The van der Waals surface area contributed by atoms with Crippen LogP contribution in [0.3, 0.4) is 0 Å². The molecular weight excluding hydrogens is 371 g/mol. The minimum atomic E-state index is -0.487. The van der Waals surface area contributed by atoms with E-state index in [0.717, 1.165) is 24.1 Å². The number of rotatable bonds is 2. The van der Waals surface area contributed by atoms with Gasteiger partial charge in [-0.25, -0.2) is 4.39 Å². The first-order chi connectivity index (χ1) is 14.2. The number of morpholine rings is 1. The van der Waals surface area contributed by atoms with E-state index in [0.29, 0.717) is 26.2 Å². The standard InChI is InChI=1S/C23H25FN2O3/c24-17-7-5-16(6-8-17)22-18-4-2-1-3-15(18)9-11-26(22)23(27)20-13-19-21(14-29-20)28-12-10-25-19/h1-8,19-22,25H,9-14H2/t19-,20+,21-,22-/m0/s1. The minimum Gasteiger partial charge on any atom is -0.373 e. The molecule has 6 heteroatoms. The molecule has 0 bridgehead atoms. The predicted molar refractivity (Wildman–Crippen MR) is 106 cm³/mol. The van der Waals surface area contributed by atoms with Crippen molar-refractivity contribution in [3.8, 4) is 0 Å². The highest BCUT2D eigenvalue weighted by molar-refractivity contribution is 5.82. The smallest absolute Gasteiger partial charge is 0.252 e. The molecule has 0 aromatic heterocycles. The van der Waals surface area contributed by atoms with Crippen molar-refractivity contribution in [2.24, 2.45) is 0 Å². The summed E-state index contributed by atoms with van der Waals surface area (Å²) in [4.78, 5) is 15.5. The van der Waals surface area contributed by atoms with Crippen molar-refractivity contribution >= 4 is 5.91 Å². The van der Waals surface area contributed by atoms with Gasteiger partial charge in [-0.3, -0.25) is 4.79 Å². The molecule has 0 spiro atoms. The molecule has 0 saturated carbocycles. The maximum absolute atomic E-state index is 13.5. The minimum absolute atomic E-state index is 0.000323. The number of nitrogens with one attached hydrogen (secondary N) is 1. The predicted octanol–water partition coefficient (Wildman–Crippen LogP) is 2.45. The number of carbonyl (C=O) groups is 1. The van der Waals surface area contributed by atoms with Crippen molar-refractivity contribution in [3.63, 3.8) is 0 Å². The van der Waals surface area contributed by atoms with Crippen LogP contribution in [-0.4, -0.2) is 55.4 Å². The van der Waals surface area contributed by atoms with Gasteiger partial charge < -0.3 is 19.7 Å². The summed E-state index contributed by atoms with van der Waals surface area (Å²) < 4.78 is 25.2. The highest BCUT2D eigenvalue weighted by atomic mass is 19.1. The summed E-state index contributed by atoms with van der Waals surface area (Å²) in [6.45, 7) is 2.53. The number of amides is 1.